The van der Waals surface area contributed by atoms with Crippen LogP contribution < -0.4 is 5.32 Å². The van der Waals surface area contributed by atoms with Crippen molar-refractivity contribution in [1.82, 2.24) is 4.98 Å². The van der Waals surface area contributed by atoms with Gasteiger partial charge in [-0.15, -0.1) is 0 Å². The van der Waals surface area contributed by atoms with Gasteiger partial charge >= 0.3 is 11.9 Å². The number of rotatable bonds is 5. The largest absolute Gasteiger partial charge is 0.481 e. The van der Waals surface area contributed by atoms with Crippen LogP contribution in [0, 0.1) is 11.3 Å². The minimum Gasteiger partial charge on any atom is -0.481 e. The second kappa shape index (κ2) is 5.88. The molecule has 1 atom stereocenters. The summed E-state index contributed by atoms with van der Waals surface area (Å²) >= 11 is 0. The molecule has 1 aromatic heterocycles. The summed E-state index contributed by atoms with van der Waals surface area (Å²) in [4.78, 5) is 25.8. The average molecular weight is 285 g/mol. The molecule has 106 valence electrons. The van der Waals surface area contributed by atoms with E-state index >= 15 is 0 Å². The lowest BCUT2D eigenvalue weighted by Gasteiger charge is -2.14. The number of nitrogens with one attached hydrogen (secondary N) is 1. The summed E-state index contributed by atoms with van der Waals surface area (Å²) in [5.41, 5.74) is 0.433. The first-order chi connectivity index (χ1) is 10.0. The Kier molecular flexibility index (Phi) is 4.00. The number of pyridine rings is 1. The van der Waals surface area contributed by atoms with Gasteiger partial charge in [-0.05, 0) is 12.1 Å². The summed E-state index contributed by atoms with van der Waals surface area (Å²) in [6.07, 6.45) is 0.858. The van der Waals surface area contributed by atoms with Crippen molar-refractivity contribution in [2.75, 3.05) is 5.32 Å². The summed E-state index contributed by atoms with van der Waals surface area (Å²) < 4.78 is 0. The van der Waals surface area contributed by atoms with Crippen LogP contribution in [0.5, 0.6) is 0 Å². The minimum atomic E-state index is -1.30. The van der Waals surface area contributed by atoms with Gasteiger partial charge in [0.2, 0.25) is 0 Å². The number of anilines is 1. The number of aliphatic carboxylic acids is 2. The van der Waals surface area contributed by atoms with E-state index in [9.17, 15) is 9.59 Å². The normalized spacial score (nSPS) is 11.6. The van der Waals surface area contributed by atoms with E-state index in [0.717, 1.165) is 0 Å². The van der Waals surface area contributed by atoms with Gasteiger partial charge in [0.25, 0.3) is 0 Å². The van der Waals surface area contributed by atoms with Crippen LogP contribution in [0.2, 0.25) is 0 Å². The fourth-order valence-electron chi connectivity index (χ4n) is 1.96. The monoisotopic (exact) mass is 285 g/mol. The molecule has 1 heterocycles. The van der Waals surface area contributed by atoms with Crippen molar-refractivity contribution in [3.05, 3.63) is 36.0 Å². The Morgan fingerprint density at radius 1 is 1.29 bits per heavy atom. The Bertz CT molecular complexity index is 751. The van der Waals surface area contributed by atoms with Gasteiger partial charge in [-0.2, -0.15) is 5.26 Å². The summed E-state index contributed by atoms with van der Waals surface area (Å²) in [5, 5.41) is 30.6. The topological polar surface area (TPSA) is 123 Å². The summed E-state index contributed by atoms with van der Waals surface area (Å²) in [5.74, 6) is -2.28. The molecular formula is C14H11N3O4. The zero-order valence-corrected chi connectivity index (χ0v) is 10.8. The molecule has 3 N–H and O–H groups in total. The van der Waals surface area contributed by atoms with Crippen molar-refractivity contribution in [2.24, 2.45) is 0 Å². The maximum absolute atomic E-state index is 11.1. The number of hydrogen-bond donors (Lipinski definition) is 3. The molecule has 0 bridgehead atoms. The predicted octanol–water partition coefficient (Wildman–Crippen LogP) is 1.45. The van der Waals surface area contributed by atoms with E-state index in [1.807, 2.05) is 6.07 Å². The zero-order valence-electron chi connectivity index (χ0n) is 10.8. The van der Waals surface area contributed by atoms with E-state index in [1.54, 1.807) is 24.3 Å². The molecule has 0 saturated carbocycles. The van der Waals surface area contributed by atoms with Gasteiger partial charge in [-0.25, -0.2) is 9.78 Å². The van der Waals surface area contributed by atoms with Crippen LogP contribution in [0.3, 0.4) is 0 Å². The molecule has 0 aliphatic carbocycles. The fourth-order valence-corrected chi connectivity index (χ4v) is 1.96. The Labute approximate surface area is 119 Å². The van der Waals surface area contributed by atoms with E-state index < -0.39 is 24.4 Å². The molecule has 7 heteroatoms. The van der Waals surface area contributed by atoms with Crippen molar-refractivity contribution in [2.45, 2.75) is 12.5 Å². The van der Waals surface area contributed by atoms with Crippen LogP contribution in [0.15, 0.2) is 30.5 Å². The van der Waals surface area contributed by atoms with Gasteiger partial charge in [0.1, 0.15) is 11.9 Å². The zero-order chi connectivity index (χ0) is 15.4. The molecule has 0 amide bonds. The molecule has 2 aromatic rings. The van der Waals surface area contributed by atoms with E-state index in [0.29, 0.717) is 16.3 Å². The molecule has 1 aromatic carbocycles. The molecule has 0 fully saturated rings. The van der Waals surface area contributed by atoms with Crippen LogP contribution in [0.4, 0.5) is 5.82 Å². The van der Waals surface area contributed by atoms with E-state index in [2.05, 4.69) is 10.3 Å². The van der Waals surface area contributed by atoms with E-state index in [4.69, 9.17) is 15.5 Å². The lowest BCUT2D eigenvalue weighted by Crippen LogP contribution is -2.32. The first-order valence-electron chi connectivity index (χ1n) is 6.02. The molecule has 2 rings (SSSR count). The third kappa shape index (κ3) is 3.06. The highest BCUT2D eigenvalue weighted by Gasteiger charge is 2.22. The smallest absolute Gasteiger partial charge is 0.326 e. The number of nitriles is 1. The summed E-state index contributed by atoms with van der Waals surface area (Å²) in [6.45, 7) is 0. The number of carbonyl (C=O) groups is 2. The van der Waals surface area contributed by atoms with Crippen molar-refractivity contribution < 1.29 is 19.8 Å². The Hall–Kier alpha value is -3.14. The third-order valence-corrected chi connectivity index (χ3v) is 2.91. The molecule has 21 heavy (non-hydrogen) atoms. The van der Waals surface area contributed by atoms with Crippen LogP contribution in [-0.2, 0) is 9.59 Å². The van der Waals surface area contributed by atoms with Crippen LogP contribution in [0.1, 0.15) is 12.0 Å². The van der Waals surface area contributed by atoms with Crippen LogP contribution in [-0.4, -0.2) is 33.2 Å². The minimum absolute atomic E-state index is 0.234. The Balaban J connectivity index is 2.45. The van der Waals surface area contributed by atoms with Crippen LogP contribution in [0.25, 0.3) is 10.8 Å². The van der Waals surface area contributed by atoms with Gasteiger partial charge < -0.3 is 15.5 Å². The third-order valence-electron chi connectivity index (χ3n) is 2.91. The molecule has 0 aliphatic heterocycles. The van der Waals surface area contributed by atoms with E-state index in [-0.39, 0.29) is 5.82 Å². The number of benzene rings is 1. The first-order valence-corrected chi connectivity index (χ1v) is 6.02. The fraction of sp³-hybridized carbons (Fsp3) is 0.143. The highest BCUT2D eigenvalue weighted by atomic mass is 16.4. The number of aromatic nitrogens is 1. The van der Waals surface area contributed by atoms with E-state index in [1.165, 1.54) is 6.20 Å². The summed E-state index contributed by atoms with van der Waals surface area (Å²) in [6, 6.07) is 7.36. The van der Waals surface area contributed by atoms with Crippen LogP contribution >= 0.6 is 0 Å². The molecule has 0 radical (unpaired) electrons. The SMILES string of the molecule is N#Cc1cccc2c(NC(CC(=O)O)C(=O)O)nccc12. The van der Waals surface area contributed by atoms with Gasteiger partial charge in [0.05, 0.1) is 18.1 Å². The number of hydrogen-bond acceptors (Lipinski definition) is 5. The van der Waals surface area contributed by atoms with Gasteiger partial charge in [0.15, 0.2) is 0 Å². The quantitative estimate of drug-likeness (QED) is 0.759. The molecule has 0 spiro atoms. The molecule has 1 unspecified atom stereocenters. The van der Waals surface area contributed by atoms with Crippen molar-refractivity contribution in [1.29, 1.82) is 5.26 Å². The van der Waals surface area contributed by atoms with Gasteiger partial charge in [-0.1, -0.05) is 12.1 Å². The average Bonchev–Trinajstić information content (AvgIpc) is 2.45. The second-order valence-corrected chi connectivity index (χ2v) is 4.31. The lowest BCUT2D eigenvalue weighted by atomic mass is 10.1. The van der Waals surface area contributed by atoms with Crippen molar-refractivity contribution >= 4 is 28.5 Å². The highest BCUT2D eigenvalue weighted by molar-refractivity contribution is 5.96. The maximum atomic E-state index is 11.1. The molecule has 0 saturated heterocycles. The van der Waals surface area contributed by atoms with Crippen molar-refractivity contribution in [3.63, 3.8) is 0 Å². The number of carboxylic acids is 2. The molecule has 0 aliphatic rings. The first kappa shape index (κ1) is 14.3. The summed E-state index contributed by atoms with van der Waals surface area (Å²) in [7, 11) is 0. The molecule has 7 nitrogen and oxygen atoms in total. The van der Waals surface area contributed by atoms with Crippen molar-refractivity contribution in [3.8, 4) is 6.07 Å². The highest BCUT2D eigenvalue weighted by Crippen LogP contribution is 2.24. The predicted molar refractivity (Wildman–Crippen MR) is 73.8 cm³/mol. The number of nitrogens with zero attached hydrogens (tertiary/aromatic N) is 2. The lowest BCUT2D eigenvalue weighted by molar-refractivity contribution is -0.144. The standard InChI is InChI=1S/C14H11N3O4/c15-7-8-2-1-3-10-9(8)4-5-16-13(10)17-11(14(20)21)6-12(18)19/h1-5,11H,6H2,(H,16,17)(H,18,19)(H,20,21). The Morgan fingerprint density at radius 2 is 2.05 bits per heavy atom. The number of fused-ring (bicyclic) bond motifs is 1. The molecular weight excluding hydrogens is 274 g/mol. The second-order valence-electron chi connectivity index (χ2n) is 4.31. The Morgan fingerprint density at radius 3 is 2.67 bits per heavy atom. The number of carboxylic acid groups (broad SMARTS) is 2. The maximum Gasteiger partial charge on any atom is 0.326 e. The van der Waals surface area contributed by atoms with Gasteiger partial charge in [0, 0.05) is 17.0 Å². The van der Waals surface area contributed by atoms with Gasteiger partial charge in [-0.3, -0.25) is 4.79 Å².